The first kappa shape index (κ1) is 11.8. The Hall–Kier alpha value is -0.710. The van der Waals surface area contributed by atoms with E-state index in [2.05, 4.69) is 15.9 Å². The highest BCUT2D eigenvalue weighted by Gasteiger charge is 2.30. The SMILES string of the molecule is NC1COCC1C(=O)Cc1cccc(Br)c1. The highest BCUT2D eigenvalue weighted by Crippen LogP contribution is 2.17. The molecule has 0 aliphatic carbocycles. The predicted octanol–water partition coefficient (Wildman–Crippen LogP) is 1.53. The van der Waals surface area contributed by atoms with Crippen molar-refractivity contribution in [2.24, 2.45) is 11.7 Å². The van der Waals surface area contributed by atoms with Gasteiger partial charge in [-0.2, -0.15) is 0 Å². The number of Topliss-reactive ketones (excluding diaryl/α,β-unsaturated/α-hetero) is 1. The molecule has 1 aromatic rings. The van der Waals surface area contributed by atoms with Gasteiger partial charge in [0.05, 0.1) is 19.1 Å². The van der Waals surface area contributed by atoms with Crippen LogP contribution in [0.3, 0.4) is 0 Å². The topological polar surface area (TPSA) is 52.3 Å². The summed E-state index contributed by atoms with van der Waals surface area (Å²) >= 11 is 3.39. The number of carbonyl (C=O) groups is 1. The van der Waals surface area contributed by atoms with Gasteiger partial charge in [0, 0.05) is 16.9 Å². The Balaban J connectivity index is 2.02. The maximum absolute atomic E-state index is 12.0. The van der Waals surface area contributed by atoms with E-state index in [0.29, 0.717) is 19.6 Å². The largest absolute Gasteiger partial charge is 0.379 e. The second-order valence-electron chi connectivity index (χ2n) is 4.08. The fraction of sp³-hybridized carbons (Fsp3) is 0.417. The van der Waals surface area contributed by atoms with Crippen LogP contribution in [0.5, 0.6) is 0 Å². The lowest BCUT2D eigenvalue weighted by Crippen LogP contribution is -2.34. The lowest BCUT2D eigenvalue weighted by Gasteiger charge is -2.11. The fourth-order valence-electron chi connectivity index (χ4n) is 1.88. The molecule has 0 spiro atoms. The number of hydrogen-bond acceptors (Lipinski definition) is 3. The smallest absolute Gasteiger partial charge is 0.144 e. The molecule has 2 N–H and O–H groups in total. The molecule has 3 nitrogen and oxygen atoms in total. The minimum atomic E-state index is -0.140. The first-order valence-corrected chi connectivity index (χ1v) is 6.06. The summed E-state index contributed by atoms with van der Waals surface area (Å²) in [5.74, 6) is 0.0297. The van der Waals surface area contributed by atoms with Crippen molar-refractivity contribution in [3.8, 4) is 0 Å². The maximum atomic E-state index is 12.0. The number of carbonyl (C=O) groups excluding carboxylic acids is 1. The van der Waals surface area contributed by atoms with Gasteiger partial charge < -0.3 is 10.5 Å². The Labute approximate surface area is 103 Å². The third-order valence-corrected chi connectivity index (χ3v) is 3.30. The van der Waals surface area contributed by atoms with Gasteiger partial charge in [0.25, 0.3) is 0 Å². The van der Waals surface area contributed by atoms with Crippen molar-refractivity contribution < 1.29 is 9.53 Å². The standard InChI is InChI=1S/C12H14BrNO2/c13-9-3-1-2-8(4-9)5-12(15)10-6-16-7-11(10)14/h1-4,10-11H,5-7,14H2. The number of nitrogens with two attached hydrogens (primary N) is 1. The van der Waals surface area contributed by atoms with Crippen LogP contribution < -0.4 is 5.73 Å². The Morgan fingerprint density at radius 2 is 2.31 bits per heavy atom. The normalized spacial score (nSPS) is 24.6. The molecule has 0 saturated carbocycles. The molecule has 1 heterocycles. The van der Waals surface area contributed by atoms with Crippen LogP contribution in [0.15, 0.2) is 28.7 Å². The van der Waals surface area contributed by atoms with Crippen molar-refractivity contribution >= 4 is 21.7 Å². The zero-order chi connectivity index (χ0) is 11.5. The van der Waals surface area contributed by atoms with Crippen LogP contribution in [0, 0.1) is 5.92 Å². The summed E-state index contributed by atoms with van der Waals surface area (Å²) in [6.07, 6.45) is 0.432. The van der Waals surface area contributed by atoms with Gasteiger partial charge in [-0.05, 0) is 17.7 Å². The molecule has 1 fully saturated rings. The van der Waals surface area contributed by atoms with E-state index >= 15 is 0 Å². The molecule has 1 saturated heterocycles. The zero-order valence-electron chi connectivity index (χ0n) is 8.86. The first-order valence-electron chi connectivity index (χ1n) is 5.27. The number of hydrogen-bond donors (Lipinski definition) is 1. The van der Waals surface area contributed by atoms with Gasteiger partial charge in [0.2, 0.25) is 0 Å². The van der Waals surface area contributed by atoms with E-state index in [1.807, 2.05) is 24.3 Å². The maximum Gasteiger partial charge on any atom is 0.144 e. The molecule has 1 aliphatic heterocycles. The van der Waals surface area contributed by atoms with Crippen molar-refractivity contribution in [3.05, 3.63) is 34.3 Å². The minimum Gasteiger partial charge on any atom is -0.379 e. The van der Waals surface area contributed by atoms with Gasteiger partial charge in [-0.25, -0.2) is 0 Å². The van der Waals surface area contributed by atoms with Crippen LogP contribution in [-0.2, 0) is 16.0 Å². The molecule has 0 bridgehead atoms. The fourth-order valence-corrected chi connectivity index (χ4v) is 2.33. The van der Waals surface area contributed by atoms with Crippen molar-refractivity contribution in [2.45, 2.75) is 12.5 Å². The molecule has 2 rings (SSSR count). The van der Waals surface area contributed by atoms with Crippen molar-refractivity contribution in [1.82, 2.24) is 0 Å². The van der Waals surface area contributed by atoms with Gasteiger partial charge in [0.1, 0.15) is 5.78 Å². The monoisotopic (exact) mass is 283 g/mol. The van der Waals surface area contributed by atoms with Gasteiger partial charge >= 0.3 is 0 Å². The van der Waals surface area contributed by atoms with Crippen LogP contribution in [-0.4, -0.2) is 25.0 Å². The second-order valence-corrected chi connectivity index (χ2v) is 5.00. The number of halogens is 1. The summed E-state index contributed by atoms with van der Waals surface area (Å²) in [5, 5.41) is 0. The summed E-state index contributed by atoms with van der Waals surface area (Å²) in [4.78, 5) is 12.0. The zero-order valence-corrected chi connectivity index (χ0v) is 10.4. The average Bonchev–Trinajstić information content (AvgIpc) is 2.64. The van der Waals surface area contributed by atoms with Crippen LogP contribution in [0.1, 0.15) is 5.56 Å². The first-order chi connectivity index (χ1) is 7.66. The summed E-state index contributed by atoms with van der Waals surface area (Å²) < 4.78 is 6.19. The van der Waals surface area contributed by atoms with Crippen LogP contribution in [0.4, 0.5) is 0 Å². The van der Waals surface area contributed by atoms with E-state index in [-0.39, 0.29) is 17.7 Å². The van der Waals surface area contributed by atoms with Gasteiger partial charge in [-0.3, -0.25) is 4.79 Å². The van der Waals surface area contributed by atoms with E-state index < -0.39 is 0 Å². The third kappa shape index (κ3) is 2.70. The molecular formula is C12H14BrNO2. The molecule has 0 aromatic heterocycles. The highest BCUT2D eigenvalue weighted by molar-refractivity contribution is 9.10. The molecule has 2 atom stereocenters. The summed E-state index contributed by atoms with van der Waals surface area (Å²) in [6, 6.07) is 7.64. The molecule has 0 amide bonds. The third-order valence-electron chi connectivity index (χ3n) is 2.81. The lowest BCUT2D eigenvalue weighted by molar-refractivity contribution is -0.122. The molecule has 4 heteroatoms. The van der Waals surface area contributed by atoms with Crippen molar-refractivity contribution in [1.29, 1.82) is 0 Å². The number of ether oxygens (including phenoxy) is 1. The molecule has 86 valence electrons. The van der Waals surface area contributed by atoms with Crippen LogP contribution >= 0.6 is 15.9 Å². The Morgan fingerprint density at radius 1 is 1.50 bits per heavy atom. The van der Waals surface area contributed by atoms with E-state index in [1.165, 1.54) is 0 Å². The molecule has 0 radical (unpaired) electrons. The van der Waals surface area contributed by atoms with E-state index in [9.17, 15) is 4.79 Å². The molecule has 2 unspecified atom stereocenters. The Kier molecular flexibility index (Phi) is 3.74. The predicted molar refractivity (Wildman–Crippen MR) is 65.1 cm³/mol. The number of ketones is 1. The average molecular weight is 284 g/mol. The van der Waals surface area contributed by atoms with Gasteiger partial charge in [0.15, 0.2) is 0 Å². The van der Waals surface area contributed by atoms with E-state index in [1.54, 1.807) is 0 Å². The van der Waals surface area contributed by atoms with Gasteiger partial charge in [-0.1, -0.05) is 28.1 Å². The molecular weight excluding hydrogens is 270 g/mol. The lowest BCUT2D eigenvalue weighted by atomic mass is 9.94. The van der Waals surface area contributed by atoms with Crippen LogP contribution in [0.25, 0.3) is 0 Å². The molecule has 16 heavy (non-hydrogen) atoms. The van der Waals surface area contributed by atoms with E-state index in [4.69, 9.17) is 10.5 Å². The van der Waals surface area contributed by atoms with Crippen molar-refractivity contribution in [2.75, 3.05) is 13.2 Å². The quantitative estimate of drug-likeness (QED) is 0.916. The second kappa shape index (κ2) is 5.08. The Morgan fingerprint density at radius 3 is 2.94 bits per heavy atom. The Bertz CT molecular complexity index is 394. The van der Waals surface area contributed by atoms with Gasteiger partial charge in [-0.15, -0.1) is 0 Å². The number of rotatable bonds is 3. The minimum absolute atomic E-state index is 0.139. The summed E-state index contributed by atoms with van der Waals surface area (Å²) in [6.45, 7) is 0.961. The number of benzene rings is 1. The van der Waals surface area contributed by atoms with Crippen molar-refractivity contribution in [3.63, 3.8) is 0 Å². The summed E-state index contributed by atoms with van der Waals surface area (Å²) in [7, 11) is 0. The highest BCUT2D eigenvalue weighted by atomic mass is 79.9. The van der Waals surface area contributed by atoms with Crippen LogP contribution in [0.2, 0.25) is 0 Å². The summed E-state index contributed by atoms with van der Waals surface area (Å²) in [5.41, 5.74) is 6.82. The van der Waals surface area contributed by atoms with E-state index in [0.717, 1.165) is 10.0 Å². The molecule has 1 aliphatic rings. The molecule has 1 aromatic carbocycles.